The number of rotatable bonds is 5. The molecule has 0 radical (unpaired) electrons. The first-order chi connectivity index (χ1) is 13.1. The summed E-state index contributed by atoms with van der Waals surface area (Å²) in [5, 5.41) is 9.18. The minimum Gasteiger partial charge on any atom is -0.384 e. The number of benzene rings is 2. The van der Waals surface area contributed by atoms with Gasteiger partial charge in [-0.1, -0.05) is 12.1 Å². The van der Waals surface area contributed by atoms with E-state index in [1.165, 1.54) is 17.1 Å². The van der Waals surface area contributed by atoms with Crippen molar-refractivity contribution in [3.05, 3.63) is 59.9 Å². The molecule has 0 spiro atoms. The molecule has 2 aliphatic heterocycles. The lowest BCUT2D eigenvalue weighted by Gasteiger charge is -2.29. The van der Waals surface area contributed by atoms with E-state index in [9.17, 15) is 9.18 Å². The van der Waals surface area contributed by atoms with Crippen LogP contribution in [0.1, 0.15) is 25.3 Å². The summed E-state index contributed by atoms with van der Waals surface area (Å²) in [6.07, 6.45) is 1.26. The van der Waals surface area contributed by atoms with E-state index in [0.717, 1.165) is 29.1 Å². The number of amides is 1. The van der Waals surface area contributed by atoms with E-state index in [-0.39, 0.29) is 17.1 Å². The van der Waals surface area contributed by atoms with Gasteiger partial charge >= 0.3 is 0 Å². The lowest BCUT2D eigenvalue weighted by molar-refractivity contribution is -0.116. The number of ether oxygens (including phenoxy) is 1. The first-order valence-corrected chi connectivity index (χ1v) is 9.11. The van der Waals surface area contributed by atoms with Crippen LogP contribution in [0.5, 0.6) is 0 Å². The molecule has 2 aromatic carbocycles. The lowest BCUT2D eigenvalue weighted by Crippen LogP contribution is -2.35. The van der Waals surface area contributed by atoms with Crippen LogP contribution >= 0.6 is 0 Å². The quantitative estimate of drug-likeness (QED) is 0.877. The Hall–Kier alpha value is -2.73. The molecule has 1 saturated heterocycles. The number of hydrogen-bond donors (Lipinski definition) is 1. The Morgan fingerprint density at radius 1 is 1.19 bits per heavy atom. The number of hydrogen-bond acceptors (Lipinski definition) is 4. The van der Waals surface area contributed by atoms with E-state index in [4.69, 9.17) is 4.74 Å². The van der Waals surface area contributed by atoms with Gasteiger partial charge in [0, 0.05) is 30.0 Å². The van der Waals surface area contributed by atoms with Crippen molar-refractivity contribution in [2.45, 2.75) is 25.2 Å². The van der Waals surface area contributed by atoms with Gasteiger partial charge in [-0.05, 0) is 55.3 Å². The van der Waals surface area contributed by atoms with Gasteiger partial charge in [-0.3, -0.25) is 4.79 Å². The molecule has 0 aromatic heterocycles. The maximum atomic E-state index is 13.3. The molecule has 1 unspecified atom stereocenters. The van der Waals surface area contributed by atoms with Gasteiger partial charge in [-0.25, -0.2) is 9.40 Å². The minimum atomic E-state index is -0.231. The Balaban J connectivity index is 1.47. The Labute approximate surface area is 157 Å². The number of anilines is 2. The highest BCUT2D eigenvalue weighted by Crippen LogP contribution is 2.34. The SMILES string of the molecule is CC1=NN(c2ccc(NCC3(c4ccc(F)cc4)CCOC3)cc2)C(=O)C1. The van der Waals surface area contributed by atoms with Crippen LogP contribution in [0.15, 0.2) is 53.6 Å². The molecule has 2 aromatic rings. The van der Waals surface area contributed by atoms with Gasteiger partial charge in [0.05, 0.1) is 18.7 Å². The molecule has 1 fully saturated rings. The third-order valence-electron chi connectivity index (χ3n) is 5.22. The van der Waals surface area contributed by atoms with Gasteiger partial charge in [-0.15, -0.1) is 0 Å². The van der Waals surface area contributed by atoms with Crippen molar-refractivity contribution in [2.75, 3.05) is 30.1 Å². The van der Waals surface area contributed by atoms with Crippen molar-refractivity contribution < 1.29 is 13.9 Å². The van der Waals surface area contributed by atoms with Gasteiger partial charge in [0.2, 0.25) is 0 Å². The van der Waals surface area contributed by atoms with Crippen molar-refractivity contribution in [3.8, 4) is 0 Å². The summed E-state index contributed by atoms with van der Waals surface area (Å²) >= 11 is 0. The van der Waals surface area contributed by atoms with Crippen molar-refractivity contribution >= 4 is 23.0 Å². The Bertz CT molecular complexity index is 856. The van der Waals surface area contributed by atoms with Gasteiger partial charge in [0.1, 0.15) is 5.82 Å². The van der Waals surface area contributed by atoms with E-state index in [1.807, 2.05) is 43.3 Å². The largest absolute Gasteiger partial charge is 0.384 e. The Kier molecular flexibility index (Phi) is 4.66. The predicted octanol–water partition coefficient (Wildman–Crippen LogP) is 3.71. The third kappa shape index (κ3) is 3.57. The number of hydrazone groups is 1. The van der Waals surface area contributed by atoms with E-state index in [1.54, 1.807) is 0 Å². The summed E-state index contributed by atoms with van der Waals surface area (Å²) in [5.74, 6) is -0.239. The van der Waals surface area contributed by atoms with Gasteiger partial charge in [-0.2, -0.15) is 5.10 Å². The average Bonchev–Trinajstić information content (AvgIpc) is 3.28. The van der Waals surface area contributed by atoms with Crippen LogP contribution in [0.25, 0.3) is 0 Å². The zero-order valence-electron chi connectivity index (χ0n) is 15.2. The predicted molar refractivity (Wildman–Crippen MR) is 104 cm³/mol. The summed E-state index contributed by atoms with van der Waals surface area (Å²) in [6.45, 7) is 3.86. The van der Waals surface area contributed by atoms with Crippen LogP contribution < -0.4 is 10.3 Å². The lowest BCUT2D eigenvalue weighted by atomic mass is 9.79. The summed E-state index contributed by atoms with van der Waals surface area (Å²) in [4.78, 5) is 11.9. The molecule has 6 heteroatoms. The Morgan fingerprint density at radius 3 is 2.52 bits per heavy atom. The molecule has 0 saturated carbocycles. The van der Waals surface area contributed by atoms with E-state index in [2.05, 4.69) is 10.4 Å². The molecule has 2 heterocycles. The van der Waals surface area contributed by atoms with Gasteiger partial charge < -0.3 is 10.1 Å². The number of halogens is 1. The normalized spacial score (nSPS) is 22.2. The highest BCUT2D eigenvalue weighted by Gasteiger charge is 2.36. The van der Waals surface area contributed by atoms with Crippen molar-refractivity contribution in [1.29, 1.82) is 0 Å². The van der Waals surface area contributed by atoms with Crippen LogP contribution in [0, 0.1) is 5.82 Å². The molecular formula is C21H22FN3O2. The molecule has 1 atom stereocenters. The van der Waals surface area contributed by atoms with Gasteiger partial charge in [0.15, 0.2) is 0 Å². The highest BCUT2D eigenvalue weighted by atomic mass is 19.1. The molecule has 0 bridgehead atoms. The molecule has 1 amide bonds. The van der Waals surface area contributed by atoms with Crippen LogP contribution in [0.2, 0.25) is 0 Å². The van der Waals surface area contributed by atoms with Crippen LogP contribution in [-0.4, -0.2) is 31.4 Å². The van der Waals surface area contributed by atoms with Crippen molar-refractivity contribution in [2.24, 2.45) is 5.10 Å². The highest BCUT2D eigenvalue weighted by molar-refractivity contribution is 6.12. The second-order valence-electron chi connectivity index (χ2n) is 7.21. The minimum absolute atomic E-state index is 0.00780. The summed E-state index contributed by atoms with van der Waals surface area (Å²) in [5.41, 5.74) is 3.46. The average molecular weight is 367 g/mol. The molecule has 140 valence electrons. The standard InChI is InChI=1S/C21H22FN3O2/c1-15-12-20(26)25(24-15)19-8-6-18(7-9-19)23-13-21(10-11-27-14-21)16-2-4-17(22)5-3-16/h2-9,23H,10-14H2,1H3. The van der Waals surface area contributed by atoms with Crippen LogP contribution in [-0.2, 0) is 14.9 Å². The molecule has 27 heavy (non-hydrogen) atoms. The van der Waals surface area contributed by atoms with Crippen molar-refractivity contribution in [1.82, 2.24) is 0 Å². The fraction of sp³-hybridized carbons (Fsp3) is 0.333. The number of nitrogens with zero attached hydrogens (tertiary/aromatic N) is 2. The third-order valence-corrected chi connectivity index (χ3v) is 5.22. The smallest absolute Gasteiger partial charge is 0.253 e. The summed E-state index contributed by atoms with van der Waals surface area (Å²) in [7, 11) is 0. The van der Waals surface area contributed by atoms with E-state index in [0.29, 0.717) is 26.2 Å². The molecule has 0 aliphatic carbocycles. The monoisotopic (exact) mass is 367 g/mol. The number of carbonyl (C=O) groups is 1. The maximum Gasteiger partial charge on any atom is 0.253 e. The zero-order valence-corrected chi connectivity index (χ0v) is 15.2. The number of nitrogens with one attached hydrogen (secondary N) is 1. The van der Waals surface area contributed by atoms with Crippen LogP contribution in [0.4, 0.5) is 15.8 Å². The fourth-order valence-corrected chi connectivity index (χ4v) is 3.63. The van der Waals surface area contributed by atoms with Crippen molar-refractivity contribution in [3.63, 3.8) is 0 Å². The zero-order chi connectivity index (χ0) is 18.9. The van der Waals surface area contributed by atoms with E-state index >= 15 is 0 Å². The second kappa shape index (κ2) is 7.12. The van der Waals surface area contributed by atoms with Gasteiger partial charge in [0.25, 0.3) is 5.91 Å². The summed E-state index contributed by atoms with van der Waals surface area (Å²) < 4.78 is 18.9. The molecule has 1 N–H and O–H groups in total. The Morgan fingerprint density at radius 2 is 1.93 bits per heavy atom. The molecular weight excluding hydrogens is 345 g/mol. The van der Waals surface area contributed by atoms with E-state index < -0.39 is 0 Å². The number of carbonyl (C=O) groups excluding carboxylic acids is 1. The molecule has 5 nitrogen and oxygen atoms in total. The first-order valence-electron chi connectivity index (χ1n) is 9.11. The topological polar surface area (TPSA) is 53.9 Å². The molecule has 4 rings (SSSR count). The maximum absolute atomic E-state index is 13.3. The molecule has 2 aliphatic rings. The summed E-state index contributed by atoms with van der Waals surface area (Å²) in [6, 6.07) is 14.3. The first kappa shape index (κ1) is 17.7. The fourth-order valence-electron chi connectivity index (χ4n) is 3.63. The van der Waals surface area contributed by atoms with Crippen LogP contribution in [0.3, 0.4) is 0 Å². The second-order valence-corrected chi connectivity index (χ2v) is 7.21.